The van der Waals surface area contributed by atoms with Gasteiger partial charge in [0, 0.05) is 4.47 Å². The fraction of sp³-hybridized carbons (Fsp3) is 0.182. The third-order valence-electron chi connectivity index (χ3n) is 2.35. The van der Waals surface area contributed by atoms with Gasteiger partial charge in [-0.3, -0.25) is 0 Å². The Morgan fingerprint density at radius 1 is 1.38 bits per heavy atom. The van der Waals surface area contributed by atoms with Gasteiger partial charge in [0.25, 0.3) is 0 Å². The zero-order chi connectivity index (χ0) is 11.8. The molecule has 2 rings (SSSR count). The van der Waals surface area contributed by atoms with E-state index in [0.29, 0.717) is 4.60 Å². The van der Waals surface area contributed by atoms with Crippen LogP contribution in [0.4, 0.5) is 0 Å². The van der Waals surface area contributed by atoms with Gasteiger partial charge in [-0.2, -0.15) is 0 Å². The van der Waals surface area contributed by atoms with E-state index in [-0.39, 0.29) is 0 Å². The average molecular weight is 363 g/mol. The minimum Gasteiger partial charge on any atom is -0.380 e. The van der Waals surface area contributed by atoms with E-state index in [1.807, 2.05) is 24.3 Å². The van der Waals surface area contributed by atoms with Crippen molar-refractivity contribution in [2.45, 2.75) is 12.5 Å². The molecule has 0 aliphatic heterocycles. The third-order valence-corrected chi connectivity index (χ3v) is 4.75. The topological polar surface area (TPSA) is 33.1 Å². The van der Waals surface area contributed by atoms with Crippen molar-refractivity contribution >= 4 is 43.2 Å². The molecule has 0 fully saturated rings. The summed E-state index contributed by atoms with van der Waals surface area (Å²) in [6, 6.07) is 7.65. The van der Waals surface area contributed by atoms with Gasteiger partial charge in [-0.05, 0) is 40.5 Å². The SMILES string of the molecule is CC(O)(c1cccc(Br)c1)c1scnc1Br. The summed E-state index contributed by atoms with van der Waals surface area (Å²) in [5, 5.41) is 10.6. The van der Waals surface area contributed by atoms with E-state index < -0.39 is 5.60 Å². The largest absolute Gasteiger partial charge is 0.380 e. The van der Waals surface area contributed by atoms with Crippen LogP contribution < -0.4 is 0 Å². The first-order chi connectivity index (χ1) is 7.51. The smallest absolute Gasteiger partial charge is 0.124 e. The lowest BCUT2D eigenvalue weighted by Gasteiger charge is -2.22. The normalized spacial score (nSPS) is 14.8. The maximum Gasteiger partial charge on any atom is 0.124 e. The first-order valence-electron chi connectivity index (χ1n) is 4.59. The molecular weight excluding hydrogens is 354 g/mol. The highest BCUT2D eigenvalue weighted by molar-refractivity contribution is 9.10. The first-order valence-corrected chi connectivity index (χ1v) is 7.06. The number of benzene rings is 1. The lowest BCUT2D eigenvalue weighted by Crippen LogP contribution is -2.21. The maximum atomic E-state index is 10.6. The molecule has 2 aromatic rings. The Morgan fingerprint density at radius 2 is 2.12 bits per heavy atom. The second-order valence-electron chi connectivity index (χ2n) is 3.55. The molecule has 0 aliphatic carbocycles. The Hall–Kier alpha value is -0.230. The summed E-state index contributed by atoms with van der Waals surface area (Å²) in [5.74, 6) is 0. The van der Waals surface area contributed by atoms with Gasteiger partial charge >= 0.3 is 0 Å². The predicted octanol–water partition coefficient (Wildman–Crippen LogP) is 3.92. The third kappa shape index (κ3) is 2.22. The molecule has 84 valence electrons. The zero-order valence-corrected chi connectivity index (χ0v) is 12.4. The lowest BCUT2D eigenvalue weighted by molar-refractivity contribution is 0.105. The molecule has 1 atom stereocenters. The highest BCUT2D eigenvalue weighted by Crippen LogP contribution is 2.37. The van der Waals surface area contributed by atoms with Gasteiger partial charge in [0.2, 0.25) is 0 Å². The van der Waals surface area contributed by atoms with Crippen LogP contribution in [0, 0.1) is 0 Å². The summed E-state index contributed by atoms with van der Waals surface area (Å²) in [6.45, 7) is 1.77. The van der Waals surface area contributed by atoms with Gasteiger partial charge < -0.3 is 5.11 Å². The second-order valence-corrected chi connectivity index (χ2v) is 6.08. The van der Waals surface area contributed by atoms with E-state index in [1.165, 1.54) is 11.3 Å². The van der Waals surface area contributed by atoms with Crippen LogP contribution >= 0.6 is 43.2 Å². The van der Waals surface area contributed by atoms with Crippen molar-refractivity contribution in [1.82, 2.24) is 4.98 Å². The fourth-order valence-corrected chi connectivity index (χ4v) is 3.53. The lowest BCUT2D eigenvalue weighted by atomic mass is 9.95. The van der Waals surface area contributed by atoms with Crippen LogP contribution in [0.1, 0.15) is 17.4 Å². The molecule has 16 heavy (non-hydrogen) atoms. The van der Waals surface area contributed by atoms with Crippen LogP contribution in [0.5, 0.6) is 0 Å². The number of rotatable bonds is 2. The van der Waals surface area contributed by atoms with Crippen molar-refractivity contribution in [1.29, 1.82) is 0 Å². The van der Waals surface area contributed by atoms with Gasteiger partial charge in [-0.15, -0.1) is 11.3 Å². The molecule has 1 aromatic carbocycles. The molecule has 0 radical (unpaired) electrons. The van der Waals surface area contributed by atoms with Crippen LogP contribution in [0.25, 0.3) is 0 Å². The van der Waals surface area contributed by atoms with E-state index >= 15 is 0 Å². The Kier molecular flexibility index (Phi) is 3.49. The summed E-state index contributed by atoms with van der Waals surface area (Å²) >= 11 is 8.18. The summed E-state index contributed by atoms with van der Waals surface area (Å²) < 4.78 is 1.65. The molecule has 0 saturated carbocycles. The molecule has 0 bridgehead atoms. The van der Waals surface area contributed by atoms with Gasteiger partial charge in [0.1, 0.15) is 10.2 Å². The number of halogens is 2. The Bertz CT molecular complexity index is 510. The van der Waals surface area contributed by atoms with Gasteiger partial charge in [-0.25, -0.2) is 4.98 Å². The van der Waals surface area contributed by atoms with Crippen molar-refractivity contribution < 1.29 is 5.11 Å². The van der Waals surface area contributed by atoms with Crippen LogP contribution in [0.15, 0.2) is 38.9 Å². The van der Waals surface area contributed by atoms with E-state index in [1.54, 1.807) is 12.4 Å². The fourth-order valence-electron chi connectivity index (χ4n) is 1.47. The molecule has 2 nitrogen and oxygen atoms in total. The van der Waals surface area contributed by atoms with Gasteiger partial charge in [-0.1, -0.05) is 28.1 Å². The number of hydrogen-bond acceptors (Lipinski definition) is 3. The summed E-state index contributed by atoms with van der Waals surface area (Å²) in [7, 11) is 0. The van der Waals surface area contributed by atoms with Crippen molar-refractivity contribution in [3.05, 3.63) is 49.3 Å². The summed E-state index contributed by atoms with van der Waals surface area (Å²) in [4.78, 5) is 4.91. The van der Waals surface area contributed by atoms with Crippen LogP contribution in [-0.2, 0) is 5.60 Å². The molecular formula is C11H9Br2NOS. The predicted molar refractivity (Wildman–Crippen MR) is 72.6 cm³/mol. The summed E-state index contributed by atoms with van der Waals surface area (Å²) in [5.41, 5.74) is 1.53. The zero-order valence-electron chi connectivity index (χ0n) is 8.45. The van der Waals surface area contributed by atoms with Crippen LogP contribution in [0.2, 0.25) is 0 Å². The number of aromatic nitrogens is 1. The van der Waals surface area contributed by atoms with Crippen LogP contribution in [0.3, 0.4) is 0 Å². The minimum atomic E-state index is -1.02. The molecule has 1 N–H and O–H groups in total. The van der Waals surface area contributed by atoms with Gasteiger partial charge in [0.05, 0.1) is 10.4 Å². The number of thiazole rings is 1. The Labute approximate surface area is 115 Å². The van der Waals surface area contributed by atoms with E-state index in [9.17, 15) is 5.11 Å². The molecule has 0 aliphatic rings. The molecule has 1 aromatic heterocycles. The van der Waals surface area contributed by atoms with Crippen molar-refractivity contribution in [2.24, 2.45) is 0 Å². The van der Waals surface area contributed by atoms with Crippen molar-refractivity contribution in [3.63, 3.8) is 0 Å². The van der Waals surface area contributed by atoms with Crippen molar-refractivity contribution in [3.8, 4) is 0 Å². The summed E-state index contributed by atoms with van der Waals surface area (Å²) in [6.07, 6.45) is 0. The molecule has 1 unspecified atom stereocenters. The maximum absolute atomic E-state index is 10.6. The van der Waals surface area contributed by atoms with E-state index in [0.717, 1.165) is 14.9 Å². The van der Waals surface area contributed by atoms with Crippen molar-refractivity contribution in [2.75, 3.05) is 0 Å². The number of nitrogens with zero attached hydrogens (tertiary/aromatic N) is 1. The van der Waals surface area contributed by atoms with Crippen LogP contribution in [-0.4, -0.2) is 10.1 Å². The Morgan fingerprint density at radius 3 is 2.69 bits per heavy atom. The first kappa shape index (κ1) is 12.2. The second kappa shape index (κ2) is 4.56. The highest BCUT2D eigenvalue weighted by atomic mass is 79.9. The number of aliphatic hydroxyl groups is 1. The van der Waals surface area contributed by atoms with Gasteiger partial charge in [0.15, 0.2) is 0 Å². The Balaban J connectivity index is 2.51. The quantitative estimate of drug-likeness (QED) is 0.878. The minimum absolute atomic E-state index is 0.697. The standard InChI is InChI=1S/C11H9Br2NOS/c1-11(15,9-10(13)14-6-16-9)7-3-2-4-8(12)5-7/h2-6,15H,1H3. The highest BCUT2D eigenvalue weighted by Gasteiger charge is 2.30. The molecule has 1 heterocycles. The molecule has 5 heteroatoms. The molecule has 0 saturated heterocycles. The van der Waals surface area contributed by atoms with E-state index in [4.69, 9.17) is 0 Å². The monoisotopic (exact) mass is 361 g/mol. The molecule has 0 amide bonds. The average Bonchev–Trinajstić information content (AvgIpc) is 2.65. The van der Waals surface area contributed by atoms with E-state index in [2.05, 4.69) is 36.8 Å². The molecule has 0 spiro atoms. The number of hydrogen-bond donors (Lipinski definition) is 1.